The monoisotopic (exact) mass is 522 g/mol. The van der Waals surface area contributed by atoms with Crippen LogP contribution in [0.1, 0.15) is 33.1 Å². The van der Waals surface area contributed by atoms with Gasteiger partial charge in [-0.2, -0.15) is 28.5 Å². The number of carbonyl (C=O) groups is 1. The topological polar surface area (TPSA) is 110 Å². The fourth-order valence-electron chi connectivity index (χ4n) is 3.97. The number of nitrogens with zero attached hydrogens (tertiary/aromatic N) is 7. The van der Waals surface area contributed by atoms with Crippen LogP contribution < -0.4 is 10.00 Å². The van der Waals surface area contributed by atoms with Crippen molar-refractivity contribution in [3.05, 3.63) is 89.4 Å². The number of hydrogen-bond acceptors (Lipinski definition) is 5. The predicted octanol–water partition coefficient (Wildman–Crippen LogP) is 3.61. The number of aromatic amines is 1. The maximum absolute atomic E-state index is 13.6. The third kappa shape index (κ3) is 5.03. The Morgan fingerprint density at radius 1 is 1.13 bits per heavy atom. The molecule has 38 heavy (non-hydrogen) atoms. The van der Waals surface area contributed by atoms with E-state index >= 15 is 0 Å². The van der Waals surface area contributed by atoms with Crippen molar-refractivity contribution in [1.29, 1.82) is 0 Å². The Morgan fingerprint density at radius 3 is 2.58 bits per heavy atom. The summed E-state index contributed by atoms with van der Waals surface area (Å²) in [5, 5.41) is 14.2. The first kappa shape index (κ1) is 24.9. The Bertz CT molecular complexity index is 1620. The van der Waals surface area contributed by atoms with Crippen molar-refractivity contribution in [1.82, 2.24) is 34.6 Å². The maximum Gasteiger partial charge on any atom is 0.433 e. The largest absolute Gasteiger partial charge is 0.433 e. The summed E-state index contributed by atoms with van der Waals surface area (Å²) in [6, 6.07) is 12.1. The normalized spacial score (nSPS) is 11.6. The number of anilines is 1. The molecule has 4 heterocycles. The molecule has 0 unspecified atom stereocenters. The van der Waals surface area contributed by atoms with Crippen LogP contribution in [0.2, 0.25) is 0 Å². The van der Waals surface area contributed by atoms with Gasteiger partial charge in [-0.25, -0.2) is 14.6 Å². The number of nitrogens with one attached hydrogen (secondary N) is 2. The van der Waals surface area contributed by atoms with E-state index in [1.807, 2.05) is 48.9 Å². The summed E-state index contributed by atoms with van der Waals surface area (Å²) in [5.41, 5.74) is 2.50. The van der Waals surface area contributed by atoms with E-state index in [0.717, 1.165) is 27.7 Å². The Morgan fingerprint density at radius 2 is 1.89 bits per heavy atom. The van der Waals surface area contributed by atoms with Gasteiger partial charge in [0.05, 0.1) is 17.6 Å². The number of benzene rings is 1. The zero-order valence-corrected chi connectivity index (χ0v) is 20.7. The van der Waals surface area contributed by atoms with E-state index in [9.17, 15) is 18.0 Å². The lowest BCUT2D eigenvalue weighted by molar-refractivity contribution is -0.747. The fourth-order valence-corrected chi connectivity index (χ4v) is 3.97. The molecule has 4 aromatic heterocycles. The molecule has 2 N–H and O–H groups in total. The van der Waals surface area contributed by atoms with Crippen molar-refractivity contribution in [3.63, 3.8) is 0 Å². The smallest absolute Gasteiger partial charge is 0.314 e. The molecule has 0 atom stereocenters. The van der Waals surface area contributed by atoms with Crippen LogP contribution in [-0.2, 0) is 19.8 Å². The molecule has 13 heteroatoms. The molecule has 5 rings (SSSR count). The van der Waals surface area contributed by atoms with Crippen LogP contribution in [0.4, 0.5) is 18.9 Å². The second kappa shape index (κ2) is 9.57. The second-order valence-electron chi connectivity index (χ2n) is 8.71. The third-order valence-electron chi connectivity index (χ3n) is 5.90. The van der Waals surface area contributed by atoms with Gasteiger partial charge < -0.3 is 5.32 Å². The number of hydrogen-bond donors (Lipinski definition) is 2. The number of H-pyrrole nitrogens is 1. The van der Waals surface area contributed by atoms with Gasteiger partial charge in [-0.05, 0) is 19.1 Å². The Balaban J connectivity index is 1.41. The van der Waals surface area contributed by atoms with E-state index in [-0.39, 0.29) is 17.3 Å². The fraction of sp³-hybridized carbons (Fsp3) is 0.200. The highest BCUT2D eigenvalue weighted by Crippen LogP contribution is 2.30. The van der Waals surface area contributed by atoms with Crippen molar-refractivity contribution >= 4 is 11.6 Å². The molecule has 0 aliphatic carbocycles. The highest BCUT2D eigenvalue weighted by molar-refractivity contribution is 6.03. The number of aryl methyl sites for hydroxylation is 2. The quantitative estimate of drug-likeness (QED) is 0.331. The summed E-state index contributed by atoms with van der Waals surface area (Å²) in [6.07, 6.45) is -0.427. The summed E-state index contributed by atoms with van der Waals surface area (Å²) >= 11 is 0. The van der Waals surface area contributed by atoms with Gasteiger partial charge in [0.25, 0.3) is 11.9 Å². The van der Waals surface area contributed by atoms with Crippen molar-refractivity contribution < 1.29 is 22.6 Å². The molecule has 0 fully saturated rings. The van der Waals surface area contributed by atoms with Crippen LogP contribution in [0.25, 0.3) is 17.2 Å². The minimum Gasteiger partial charge on any atom is -0.314 e. The van der Waals surface area contributed by atoms with Crippen LogP contribution in [0.15, 0.2) is 61.1 Å². The molecule has 0 radical (unpaired) electrons. The molecule has 0 bridgehead atoms. The van der Waals surface area contributed by atoms with Crippen LogP contribution in [0, 0.1) is 13.8 Å². The molecule has 0 saturated carbocycles. The standard InChI is InChI=1S/C25H22F3N9O/c1-15-22(16(2)37(33-15)13-17-7-5-4-6-8-17)32-23(38)19-9-10-36(34-19)24-30-20(18-12-29-35(3)14-18)11-21(31-24)25(26,27)28/h4-12,14H,13H2,1-3H3,(H,32,38)/p+1. The van der Waals surface area contributed by atoms with Crippen LogP contribution in [0.5, 0.6) is 0 Å². The summed E-state index contributed by atoms with van der Waals surface area (Å²) in [4.78, 5) is 20.9. The highest BCUT2D eigenvalue weighted by Gasteiger charge is 2.34. The lowest BCUT2D eigenvalue weighted by atomic mass is 10.2. The van der Waals surface area contributed by atoms with Crippen molar-refractivity contribution in [3.8, 4) is 17.2 Å². The average Bonchev–Trinajstić information content (AvgIpc) is 3.61. The van der Waals surface area contributed by atoms with Gasteiger partial charge in [-0.15, -0.1) is 4.68 Å². The summed E-state index contributed by atoms with van der Waals surface area (Å²) in [6.45, 7) is 4.29. The molecule has 1 amide bonds. The summed E-state index contributed by atoms with van der Waals surface area (Å²) in [5.74, 6) is -0.854. The summed E-state index contributed by atoms with van der Waals surface area (Å²) in [7, 11) is 1.64. The molecule has 0 aliphatic heterocycles. The number of carbonyl (C=O) groups excluding carboxylic acids is 1. The van der Waals surface area contributed by atoms with Gasteiger partial charge in [0, 0.05) is 37.5 Å². The Labute approximate surface area is 214 Å². The minimum atomic E-state index is -4.71. The van der Waals surface area contributed by atoms with Gasteiger partial charge in [-0.3, -0.25) is 9.48 Å². The first-order valence-corrected chi connectivity index (χ1v) is 11.5. The lowest BCUT2D eigenvalue weighted by Crippen LogP contribution is -2.39. The van der Waals surface area contributed by atoms with Gasteiger partial charge >= 0.3 is 6.18 Å². The van der Waals surface area contributed by atoms with Gasteiger partial charge in [-0.1, -0.05) is 30.3 Å². The van der Waals surface area contributed by atoms with Crippen molar-refractivity contribution in [2.45, 2.75) is 26.6 Å². The highest BCUT2D eigenvalue weighted by atomic mass is 19.4. The SMILES string of the molecule is Cc1[nH][n+](Cc2ccccc2)c(C)c1NC(=O)c1ccn(-c2nc(-c3cnn(C)c3)cc(C(F)(F)F)n2)n1. The zero-order valence-electron chi connectivity index (χ0n) is 20.7. The summed E-state index contributed by atoms with van der Waals surface area (Å²) < 4.78 is 45.1. The number of alkyl halides is 3. The molecule has 194 valence electrons. The molecule has 1 aromatic carbocycles. The second-order valence-corrected chi connectivity index (χ2v) is 8.71. The molecule has 5 aromatic rings. The maximum atomic E-state index is 13.6. The first-order valence-electron chi connectivity index (χ1n) is 11.5. The van der Waals surface area contributed by atoms with E-state index in [1.54, 1.807) is 13.2 Å². The van der Waals surface area contributed by atoms with E-state index < -0.39 is 17.8 Å². The number of amides is 1. The average molecular weight is 523 g/mol. The number of rotatable bonds is 6. The Kier molecular flexibility index (Phi) is 6.27. The molecule has 10 nitrogen and oxygen atoms in total. The minimum absolute atomic E-state index is 0.0106. The molecule has 0 spiro atoms. The zero-order chi connectivity index (χ0) is 27.0. The van der Waals surface area contributed by atoms with E-state index in [1.165, 1.54) is 23.1 Å². The van der Waals surface area contributed by atoms with Crippen molar-refractivity contribution in [2.24, 2.45) is 7.05 Å². The third-order valence-corrected chi connectivity index (χ3v) is 5.90. The van der Waals surface area contributed by atoms with Gasteiger partial charge in [0.2, 0.25) is 5.69 Å². The molecular weight excluding hydrogens is 499 g/mol. The predicted molar refractivity (Wildman–Crippen MR) is 130 cm³/mol. The van der Waals surface area contributed by atoms with E-state index in [4.69, 9.17) is 0 Å². The number of halogens is 3. The molecule has 0 aliphatic rings. The molecular formula is C25H23F3N9O+. The van der Waals surface area contributed by atoms with Crippen LogP contribution in [-0.4, -0.2) is 40.5 Å². The van der Waals surface area contributed by atoms with E-state index in [0.29, 0.717) is 17.8 Å². The number of aromatic nitrogens is 8. The van der Waals surface area contributed by atoms with E-state index in [2.05, 4.69) is 30.6 Å². The van der Waals surface area contributed by atoms with Crippen LogP contribution >= 0.6 is 0 Å². The van der Waals surface area contributed by atoms with Crippen LogP contribution in [0.3, 0.4) is 0 Å². The molecule has 0 saturated heterocycles. The first-order chi connectivity index (χ1) is 18.1. The van der Waals surface area contributed by atoms with Crippen molar-refractivity contribution in [2.75, 3.05) is 5.32 Å². The van der Waals surface area contributed by atoms with Gasteiger partial charge in [0.15, 0.2) is 17.9 Å². The lowest BCUT2D eigenvalue weighted by Gasteiger charge is -2.09. The Hall–Kier alpha value is -4.81. The van der Waals surface area contributed by atoms with Gasteiger partial charge in [0.1, 0.15) is 5.69 Å².